The normalized spacial score (nSPS) is 12.6. The minimum Gasteiger partial charge on any atom is -0.483 e. The zero-order valence-electron chi connectivity index (χ0n) is 11.0. The van der Waals surface area contributed by atoms with E-state index in [1.165, 1.54) is 6.07 Å². The molecule has 0 fully saturated rings. The summed E-state index contributed by atoms with van der Waals surface area (Å²) in [6.45, 7) is 4.71. The number of hydrogen-bond donors (Lipinski definition) is 1. The molecule has 1 unspecified atom stereocenters. The molecule has 2 rings (SSSR count). The van der Waals surface area contributed by atoms with E-state index in [1.54, 1.807) is 18.3 Å². The van der Waals surface area contributed by atoms with Gasteiger partial charge in [-0.25, -0.2) is 4.39 Å². The van der Waals surface area contributed by atoms with Crippen molar-refractivity contribution >= 4 is 16.6 Å². The molecule has 0 radical (unpaired) electrons. The van der Waals surface area contributed by atoms with E-state index in [9.17, 15) is 4.39 Å². The van der Waals surface area contributed by atoms with Crippen LogP contribution in [0.5, 0.6) is 5.75 Å². The third-order valence-electron chi connectivity index (χ3n) is 2.71. The second kappa shape index (κ2) is 5.84. The molecule has 1 aromatic carbocycles. The highest BCUT2D eigenvalue weighted by Crippen LogP contribution is 2.32. The van der Waals surface area contributed by atoms with Gasteiger partial charge in [0, 0.05) is 29.9 Å². The highest BCUT2D eigenvalue weighted by Gasteiger charge is 2.15. The van der Waals surface area contributed by atoms with Gasteiger partial charge in [-0.05, 0) is 26.0 Å². The SMILES string of the molecule is CCOCC(C)Oc1c(F)cc(N)c2cccnc12. The highest BCUT2D eigenvalue weighted by molar-refractivity contribution is 5.94. The van der Waals surface area contributed by atoms with E-state index in [2.05, 4.69) is 4.98 Å². The van der Waals surface area contributed by atoms with Gasteiger partial charge in [-0.2, -0.15) is 0 Å². The van der Waals surface area contributed by atoms with Crippen molar-refractivity contribution in [1.29, 1.82) is 0 Å². The zero-order chi connectivity index (χ0) is 13.8. The number of anilines is 1. The number of fused-ring (bicyclic) bond motifs is 1. The molecule has 0 saturated heterocycles. The summed E-state index contributed by atoms with van der Waals surface area (Å²) in [6, 6.07) is 4.80. The Balaban J connectivity index is 2.37. The molecule has 1 heterocycles. The summed E-state index contributed by atoms with van der Waals surface area (Å²) in [6.07, 6.45) is 1.32. The average Bonchev–Trinajstić information content (AvgIpc) is 2.41. The maximum absolute atomic E-state index is 14.0. The molecule has 0 aliphatic carbocycles. The molecule has 4 nitrogen and oxygen atoms in total. The molecule has 102 valence electrons. The Hall–Kier alpha value is -1.88. The average molecular weight is 264 g/mol. The molecule has 0 spiro atoms. The Kier molecular flexibility index (Phi) is 4.16. The quantitative estimate of drug-likeness (QED) is 0.844. The number of nitrogen functional groups attached to an aromatic ring is 1. The van der Waals surface area contributed by atoms with Crippen molar-refractivity contribution in [2.24, 2.45) is 0 Å². The van der Waals surface area contributed by atoms with Gasteiger partial charge in [-0.15, -0.1) is 0 Å². The Bertz CT molecular complexity index is 575. The summed E-state index contributed by atoms with van der Waals surface area (Å²) in [4.78, 5) is 4.15. The number of halogens is 1. The number of ether oxygens (including phenoxy) is 2. The molecular weight excluding hydrogens is 247 g/mol. The number of hydrogen-bond acceptors (Lipinski definition) is 4. The van der Waals surface area contributed by atoms with Crippen LogP contribution in [0.4, 0.5) is 10.1 Å². The number of benzene rings is 1. The van der Waals surface area contributed by atoms with Crippen LogP contribution in [0.15, 0.2) is 24.4 Å². The smallest absolute Gasteiger partial charge is 0.181 e. The Morgan fingerprint density at radius 1 is 1.47 bits per heavy atom. The van der Waals surface area contributed by atoms with Crippen molar-refractivity contribution in [3.05, 3.63) is 30.2 Å². The Labute approximate surface area is 111 Å². The molecule has 19 heavy (non-hydrogen) atoms. The lowest BCUT2D eigenvalue weighted by Crippen LogP contribution is -2.20. The molecule has 1 atom stereocenters. The molecule has 0 aliphatic heterocycles. The molecule has 5 heteroatoms. The summed E-state index contributed by atoms with van der Waals surface area (Å²) in [7, 11) is 0. The van der Waals surface area contributed by atoms with Crippen LogP contribution in [0, 0.1) is 5.82 Å². The van der Waals surface area contributed by atoms with Gasteiger partial charge in [-0.1, -0.05) is 0 Å². The van der Waals surface area contributed by atoms with E-state index in [0.29, 0.717) is 29.8 Å². The van der Waals surface area contributed by atoms with Crippen molar-refractivity contribution < 1.29 is 13.9 Å². The third-order valence-corrected chi connectivity index (χ3v) is 2.71. The lowest BCUT2D eigenvalue weighted by molar-refractivity contribution is 0.0644. The van der Waals surface area contributed by atoms with Crippen LogP contribution in [-0.4, -0.2) is 24.3 Å². The van der Waals surface area contributed by atoms with Crippen LogP contribution in [0.1, 0.15) is 13.8 Å². The van der Waals surface area contributed by atoms with E-state index in [-0.39, 0.29) is 11.9 Å². The summed E-state index contributed by atoms with van der Waals surface area (Å²) in [5, 5.41) is 0.683. The van der Waals surface area contributed by atoms with Crippen LogP contribution in [0.3, 0.4) is 0 Å². The fraction of sp³-hybridized carbons (Fsp3) is 0.357. The molecule has 1 aromatic heterocycles. The second-order valence-corrected chi connectivity index (χ2v) is 4.26. The third kappa shape index (κ3) is 2.93. The van der Waals surface area contributed by atoms with Gasteiger partial charge in [0.15, 0.2) is 11.6 Å². The van der Waals surface area contributed by atoms with E-state index < -0.39 is 5.82 Å². The van der Waals surface area contributed by atoms with Gasteiger partial charge in [0.1, 0.15) is 11.6 Å². The van der Waals surface area contributed by atoms with Crippen LogP contribution in [-0.2, 0) is 4.74 Å². The Morgan fingerprint density at radius 3 is 3.00 bits per heavy atom. The summed E-state index contributed by atoms with van der Waals surface area (Å²) < 4.78 is 24.8. The summed E-state index contributed by atoms with van der Waals surface area (Å²) in [5.74, 6) is -0.385. The van der Waals surface area contributed by atoms with Crippen molar-refractivity contribution in [3.8, 4) is 5.75 Å². The molecule has 2 aromatic rings. The van der Waals surface area contributed by atoms with E-state index in [1.807, 2.05) is 13.8 Å². The molecular formula is C14H17FN2O2. The topological polar surface area (TPSA) is 57.4 Å². The first-order valence-electron chi connectivity index (χ1n) is 6.20. The van der Waals surface area contributed by atoms with Crippen LogP contribution in [0.2, 0.25) is 0 Å². The van der Waals surface area contributed by atoms with E-state index >= 15 is 0 Å². The molecule has 0 aliphatic rings. The van der Waals surface area contributed by atoms with Crippen molar-refractivity contribution in [2.45, 2.75) is 20.0 Å². The van der Waals surface area contributed by atoms with Gasteiger partial charge in [-0.3, -0.25) is 4.98 Å². The predicted molar refractivity (Wildman–Crippen MR) is 72.7 cm³/mol. The van der Waals surface area contributed by atoms with Crippen LogP contribution in [0.25, 0.3) is 10.9 Å². The zero-order valence-corrected chi connectivity index (χ0v) is 11.0. The fourth-order valence-electron chi connectivity index (χ4n) is 1.84. The van der Waals surface area contributed by atoms with E-state index in [4.69, 9.17) is 15.2 Å². The first-order chi connectivity index (χ1) is 9.13. The van der Waals surface area contributed by atoms with Gasteiger partial charge in [0.2, 0.25) is 0 Å². The fourth-order valence-corrected chi connectivity index (χ4v) is 1.84. The van der Waals surface area contributed by atoms with Crippen molar-refractivity contribution in [2.75, 3.05) is 18.9 Å². The van der Waals surface area contributed by atoms with Crippen LogP contribution >= 0.6 is 0 Å². The highest BCUT2D eigenvalue weighted by atomic mass is 19.1. The monoisotopic (exact) mass is 264 g/mol. The lowest BCUT2D eigenvalue weighted by atomic mass is 10.1. The number of pyridine rings is 1. The summed E-state index contributed by atoms with van der Waals surface area (Å²) in [5.41, 5.74) is 6.56. The molecule has 0 bridgehead atoms. The minimum atomic E-state index is -0.507. The van der Waals surface area contributed by atoms with Crippen molar-refractivity contribution in [3.63, 3.8) is 0 Å². The van der Waals surface area contributed by atoms with Crippen LogP contribution < -0.4 is 10.5 Å². The number of rotatable bonds is 5. The Morgan fingerprint density at radius 2 is 2.26 bits per heavy atom. The van der Waals surface area contributed by atoms with Crippen molar-refractivity contribution in [1.82, 2.24) is 4.98 Å². The number of aromatic nitrogens is 1. The maximum atomic E-state index is 14.0. The summed E-state index contributed by atoms with van der Waals surface area (Å²) >= 11 is 0. The van der Waals surface area contributed by atoms with Gasteiger partial charge >= 0.3 is 0 Å². The number of nitrogens with two attached hydrogens (primary N) is 1. The number of nitrogens with zero attached hydrogens (tertiary/aromatic N) is 1. The first kappa shape index (κ1) is 13.5. The van der Waals surface area contributed by atoms with Gasteiger partial charge < -0.3 is 15.2 Å². The molecule has 2 N–H and O–H groups in total. The van der Waals surface area contributed by atoms with Gasteiger partial charge in [0.25, 0.3) is 0 Å². The minimum absolute atomic E-state index is 0.122. The lowest BCUT2D eigenvalue weighted by Gasteiger charge is -2.16. The predicted octanol–water partition coefficient (Wildman–Crippen LogP) is 2.76. The second-order valence-electron chi connectivity index (χ2n) is 4.26. The first-order valence-corrected chi connectivity index (χ1v) is 6.20. The largest absolute Gasteiger partial charge is 0.483 e. The van der Waals surface area contributed by atoms with Gasteiger partial charge in [0.05, 0.1) is 6.61 Å². The standard InChI is InChI=1S/C14H17FN2O2/c1-3-18-8-9(2)19-14-11(15)7-12(16)10-5-4-6-17-13(10)14/h4-7,9H,3,8,16H2,1-2H3. The maximum Gasteiger partial charge on any atom is 0.181 e. The molecule has 0 amide bonds. The van der Waals surface area contributed by atoms with E-state index in [0.717, 1.165) is 0 Å². The molecule has 0 saturated carbocycles.